The molecule has 2 aliphatic heterocycles. The maximum Gasteiger partial charge on any atom is 0.251 e. The van der Waals surface area contributed by atoms with E-state index >= 15 is 0 Å². The van der Waals surface area contributed by atoms with Gasteiger partial charge < -0.3 is 5.32 Å². The number of carbonyl (C=O) groups excluding carboxylic acids is 1. The third-order valence-electron chi connectivity index (χ3n) is 5.33. The molecule has 1 aromatic rings. The molecule has 0 spiro atoms. The van der Waals surface area contributed by atoms with E-state index in [-0.39, 0.29) is 16.8 Å². The Labute approximate surface area is 150 Å². The molecule has 0 saturated carbocycles. The molecule has 2 aliphatic rings. The highest BCUT2D eigenvalue weighted by Gasteiger charge is 2.24. The first-order valence-electron chi connectivity index (χ1n) is 9.01. The number of piperidine rings is 1. The highest BCUT2D eigenvalue weighted by molar-refractivity contribution is 7.89. The van der Waals surface area contributed by atoms with Crippen molar-refractivity contribution >= 4 is 15.9 Å². The number of benzene rings is 1. The minimum Gasteiger partial charge on any atom is -0.352 e. The second-order valence-electron chi connectivity index (χ2n) is 7.24. The fourth-order valence-electron chi connectivity index (χ4n) is 3.47. The lowest BCUT2D eigenvalue weighted by atomic mass is 9.98. The van der Waals surface area contributed by atoms with Crippen LogP contribution in [0.2, 0.25) is 0 Å². The van der Waals surface area contributed by atoms with Crippen LogP contribution >= 0.6 is 0 Å². The number of likely N-dealkylation sites (tertiary alicyclic amines) is 1. The highest BCUT2D eigenvalue weighted by Crippen LogP contribution is 2.20. The number of rotatable bonds is 5. The zero-order valence-corrected chi connectivity index (χ0v) is 15.7. The number of carbonyl (C=O) groups is 1. The predicted molar refractivity (Wildman–Crippen MR) is 97.1 cm³/mol. The molecule has 25 heavy (non-hydrogen) atoms. The maximum atomic E-state index is 12.6. The summed E-state index contributed by atoms with van der Waals surface area (Å²) in [5.41, 5.74) is 1.37. The average molecular weight is 365 g/mol. The van der Waals surface area contributed by atoms with Gasteiger partial charge in [0.05, 0.1) is 4.90 Å². The van der Waals surface area contributed by atoms with Crippen molar-refractivity contribution in [3.8, 4) is 0 Å². The molecule has 7 heteroatoms. The van der Waals surface area contributed by atoms with Gasteiger partial charge in [-0.1, -0.05) is 13.0 Å². The van der Waals surface area contributed by atoms with E-state index in [2.05, 4.69) is 28.8 Å². The molecule has 1 amide bonds. The summed E-state index contributed by atoms with van der Waals surface area (Å²) in [6, 6.07) is 4.98. The molecule has 2 N–H and O–H groups in total. The Morgan fingerprint density at radius 2 is 2.04 bits per heavy atom. The monoisotopic (exact) mass is 365 g/mol. The van der Waals surface area contributed by atoms with E-state index in [1.807, 2.05) is 0 Å². The predicted octanol–water partition coefficient (Wildman–Crippen LogP) is 1.37. The lowest BCUT2D eigenvalue weighted by Gasteiger charge is -2.35. The van der Waals surface area contributed by atoms with E-state index in [1.165, 1.54) is 6.07 Å². The molecule has 1 saturated heterocycles. The first kappa shape index (κ1) is 18.4. The van der Waals surface area contributed by atoms with E-state index < -0.39 is 10.0 Å². The molecular weight excluding hydrogens is 338 g/mol. The lowest BCUT2D eigenvalue weighted by molar-refractivity contribution is 0.0945. The molecule has 0 aliphatic carbocycles. The van der Waals surface area contributed by atoms with Crippen molar-refractivity contribution < 1.29 is 13.2 Å². The summed E-state index contributed by atoms with van der Waals surface area (Å²) in [6.45, 7) is 7.32. The third kappa shape index (κ3) is 4.22. The number of nitrogens with one attached hydrogen (secondary N) is 2. The van der Waals surface area contributed by atoms with Crippen LogP contribution < -0.4 is 10.0 Å². The molecule has 0 bridgehead atoms. The van der Waals surface area contributed by atoms with Crippen molar-refractivity contribution in [2.75, 3.05) is 26.2 Å². The van der Waals surface area contributed by atoms with Crippen molar-refractivity contribution in [3.05, 3.63) is 29.3 Å². The van der Waals surface area contributed by atoms with Gasteiger partial charge in [0.1, 0.15) is 0 Å². The Morgan fingerprint density at radius 3 is 2.76 bits per heavy atom. The van der Waals surface area contributed by atoms with Crippen LogP contribution in [0.1, 0.15) is 42.6 Å². The molecule has 3 rings (SSSR count). The molecule has 138 valence electrons. The number of hydrogen-bond acceptors (Lipinski definition) is 4. The van der Waals surface area contributed by atoms with Gasteiger partial charge in [-0.25, -0.2) is 13.1 Å². The van der Waals surface area contributed by atoms with E-state index in [4.69, 9.17) is 0 Å². The van der Waals surface area contributed by atoms with Crippen LogP contribution in [0, 0.1) is 5.92 Å². The van der Waals surface area contributed by atoms with E-state index in [0.29, 0.717) is 18.7 Å². The second-order valence-corrected chi connectivity index (χ2v) is 9.01. The number of amides is 1. The first-order valence-corrected chi connectivity index (χ1v) is 10.5. The van der Waals surface area contributed by atoms with Crippen molar-refractivity contribution in [3.63, 3.8) is 0 Å². The molecule has 6 nitrogen and oxygen atoms in total. The van der Waals surface area contributed by atoms with E-state index in [9.17, 15) is 13.2 Å². The van der Waals surface area contributed by atoms with Crippen LogP contribution in [0.4, 0.5) is 0 Å². The van der Waals surface area contributed by atoms with Crippen LogP contribution in [0.3, 0.4) is 0 Å². The summed E-state index contributed by atoms with van der Waals surface area (Å²) in [5.74, 6) is 0.552. The average Bonchev–Trinajstić information content (AvgIpc) is 2.60. The van der Waals surface area contributed by atoms with Gasteiger partial charge in [0.25, 0.3) is 5.91 Å². The zero-order chi connectivity index (χ0) is 18.0. The molecule has 1 atom stereocenters. The van der Waals surface area contributed by atoms with Crippen LogP contribution in [-0.2, 0) is 16.4 Å². The summed E-state index contributed by atoms with van der Waals surface area (Å²) >= 11 is 0. The second kappa shape index (κ2) is 7.43. The van der Waals surface area contributed by atoms with Gasteiger partial charge in [-0.3, -0.25) is 9.69 Å². The summed E-state index contributed by atoms with van der Waals surface area (Å²) < 4.78 is 27.9. The molecule has 1 aromatic carbocycles. The van der Waals surface area contributed by atoms with E-state index in [0.717, 1.165) is 43.8 Å². The Hall–Kier alpha value is -1.44. The van der Waals surface area contributed by atoms with Gasteiger partial charge in [-0.15, -0.1) is 0 Å². The van der Waals surface area contributed by atoms with Gasteiger partial charge >= 0.3 is 0 Å². The van der Waals surface area contributed by atoms with Crippen molar-refractivity contribution in [2.45, 2.75) is 44.0 Å². The highest BCUT2D eigenvalue weighted by atomic mass is 32.2. The largest absolute Gasteiger partial charge is 0.352 e. The quantitative estimate of drug-likeness (QED) is 0.826. The van der Waals surface area contributed by atoms with Crippen LogP contribution in [0.5, 0.6) is 0 Å². The minimum absolute atomic E-state index is 0.155. The number of sulfonamides is 1. The van der Waals surface area contributed by atoms with Gasteiger partial charge in [0, 0.05) is 24.7 Å². The van der Waals surface area contributed by atoms with Crippen molar-refractivity contribution in [1.29, 1.82) is 0 Å². The van der Waals surface area contributed by atoms with Crippen LogP contribution in [0.25, 0.3) is 0 Å². The standard InChI is InChI=1S/C18H27N3O3S/c1-13-6-9-21(10-7-13)14(2)12-20-25(23,24)16-4-3-15-5-8-19-18(22)17(15)11-16/h3-4,11,13-14,20H,5-10,12H2,1-2H3,(H,19,22). The SMILES string of the molecule is CC1CCN(C(C)CNS(=O)(=O)c2ccc3c(c2)C(=O)NCC3)CC1. The molecule has 0 aromatic heterocycles. The number of hydrogen-bond donors (Lipinski definition) is 2. The zero-order valence-electron chi connectivity index (χ0n) is 14.9. The van der Waals surface area contributed by atoms with Crippen LogP contribution in [-0.4, -0.2) is 51.4 Å². The topological polar surface area (TPSA) is 78.5 Å². The summed E-state index contributed by atoms with van der Waals surface area (Å²) in [7, 11) is -3.62. The lowest BCUT2D eigenvalue weighted by Crippen LogP contribution is -2.45. The van der Waals surface area contributed by atoms with Crippen molar-refractivity contribution in [1.82, 2.24) is 14.9 Å². The summed E-state index contributed by atoms with van der Waals surface area (Å²) in [4.78, 5) is 14.4. The molecule has 2 heterocycles. The van der Waals surface area contributed by atoms with Crippen LogP contribution in [0.15, 0.2) is 23.1 Å². The van der Waals surface area contributed by atoms with Gasteiger partial charge in [-0.05, 0) is 62.9 Å². The molecule has 0 radical (unpaired) electrons. The number of nitrogens with zero attached hydrogens (tertiary/aromatic N) is 1. The summed E-state index contributed by atoms with van der Waals surface area (Å²) in [5, 5.41) is 2.75. The Bertz CT molecular complexity index is 740. The normalized spacial score (nSPS) is 20.8. The van der Waals surface area contributed by atoms with Gasteiger partial charge in [0.15, 0.2) is 0 Å². The fraction of sp³-hybridized carbons (Fsp3) is 0.611. The van der Waals surface area contributed by atoms with Gasteiger partial charge in [-0.2, -0.15) is 0 Å². The summed E-state index contributed by atoms with van der Waals surface area (Å²) in [6.07, 6.45) is 3.06. The third-order valence-corrected chi connectivity index (χ3v) is 6.75. The fourth-order valence-corrected chi connectivity index (χ4v) is 4.62. The molecule has 1 fully saturated rings. The Kier molecular flexibility index (Phi) is 5.46. The minimum atomic E-state index is -3.62. The maximum absolute atomic E-state index is 12.6. The number of fused-ring (bicyclic) bond motifs is 1. The first-order chi connectivity index (χ1) is 11.9. The molecular formula is C18H27N3O3S. The van der Waals surface area contributed by atoms with Gasteiger partial charge in [0.2, 0.25) is 10.0 Å². The van der Waals surface area contributed by atoms with E-state index in [1.54, 1.807) is 12.1 Å². The Balaban J connectivity index is 1.66. The Morgan fingerprint density at radius 1 is 1.32 bits per heavy atom. The molecule has 1 unspecified atom stereocenters. The smallest absolute Gasteiger partial charge is 0.251 e. The van der Waals surface area contributed by atoms with Crippen molar-refractivity contribution in [2.24, 2.45) is 5.92 Å².